The zero-order valence-corrected chi connectivity index (χ0v) is 11.1. The topological polar surface area (TPSA) is 35.8 Å². The Morgan fingerprint density at radius 2 is 2.11 bits per heavy atom. The molecule has 2 rings (SSSR count). The van der Waals surface area contributed by atoms with Gasteiger partial charge in [-0.1, -0.05) is 0 Å². The molecule has 2 aromatic rings. The minimum atomic E-state index is -0.348. The van der Waals surface area contributed by atoms with Gasteiger partial charge in [-0.3, -0.25) is 0 Å². The third-order valence-corrected chi connectivity index (χ3v) is 3.72. The molecular weight excluding hydrogens is 247 g/mol. The van der Waals surface area contributed by atoms with E-state index in [1.54, 1.807) is 24.3 Å². The first-order chi connectivity index (χ1) is 8.60. The maximum absolute atomic E-state index is 13.6. The highest BCUT2D eigenvalue weighted by Crippen LogP contribution is 2.22. The summed E-state index contributed by atoms with van der Waals surface area (Å²) in [5.41, 5.74) is 1.56. The number of nitrogens with one attached hydrogen (secondary N) is 1. The third kappa shape index (κ3) is 2.69. The van der Waals surface area contributed by atoms with E-state index < -0.39 is 0 Å². The maximum Gasteiger partial charge on any atom is 0.129 e. The molecular formula is C14H13FN2S. The number of nitriles is 1. The molecule has 1 aromatic heterocycles. The van der Waals surface area contributed by atoms with Gasteiger partial charge in [0.05, 0.1) is 11.6 Å². The fourth-order valence-corrected chi connectivity index (χ4v) is 2.52. The summed E-state index contributed by atoms with van der Waals surface area (Å²) in [4.78, 5) is 2.44. The second-order valence-electron chi connectivity index (χ2n) is 4.11. The van der Waals surface area contributed by atoms with Crippen LogP contribution in [0.3, 0.4) is 0 Å². The second-order valence-corrected chi connectivity index (χ2v) is 5.48. The van der Waals surface area contributed by atoms with Gasteiger partial charge in [-0.05, 0) is 38.1 Å². The van der Waals surface area contributed by atoms with Gasteiger partial charge in [0.1, 0.15) is 5.82 Å². The molecule has 0 amide bonds. The molecule has 1 aromatic carbocycles. The smallest absolute Gasteiger partial charge is 0.129 e. The molecule has 0 aliphatic carbocycles. The predicted molar refractivity (Wildman–Crippen MR) is 72.2 cm³/mol. The van der Waals surface area contributed by atoms with E-state index in [2.05, 4.69) is 18.3 Å². The Morgan fingerprint density at radius 3 is 2.72 bits per heavy atom. The zero-order chi connectivity index (χ0) is 13.1. The third-order valence-electron chi connectivity index (χ3n) is 2.72. The summed E-state index contributed by atoms with van der Waals surface area (Å²) in [5.74, 6) is -0.348. The summed E-state index contributed by atoms with van der Waals surface area (Å²) in [7, 11) is 0. The number of aryl methyl sites for hydroxylation is 1. The molecule has 0 atom stereocenters. The lowest BCUT2D eigenvalue weighted by Gasteiger charge is -2.09. The number of hydrogen-bond acceptors (Lipinski definition) is 3. The lowest BCUT2D eigenvalue weighted by atomic mass is 10.1. The first-order valence-corrected chi connectivity index (χ1v) is 6.41. The second kappa shape index (κ2) is 5.19. The van der Waals surface area contributed by atoms with Gasteiger partial charge in [0.15, 0.2) is 0 Å². The largest absolute Gasteiger partial charge is 0.380 e. The van der Waals surface area contributed by atoms with Gasteiger partial charge >= 0.3 is 0 Å². The molecule has 0 bridgehead atoms. The van der Waals surface area contributed by atoms with Gasteiger partial charge in [0.25, 0.3) is 0 Å². The summed E-state index contributed by atoms with van der Waals surface area (Å²) in [6, 6.07) is 9.00. The van der Waals surface area contributed by atoms with Gasteiger partial charge in [-0.15, -0.1) is 11.3 Å². The molecule has 18 heavy (non-hydrogen) atoms. The number of rotatable bonds is 3. The average molecular weight is 260 g/mol. The molecule has 1 heterocycles. The summed E-state index contributed by atoms with van der Waals surface area (Å²) < 4.78 is 13.6. The fourth-order valence-electron chi connectivity index (χ4n) is 1.69. The maximum atomic E-state index is 13.6. The van der Waals surface area contributed by atoms with E-state index in [0.29, 0.717) is 23.4 Å². The molecule has 0 spiro atoms. The number of nitrogens with zero attached hydrogens (tertiary/aromatic N) is 1. The van der Waals surface area contributed by atoms with E-state index >= 15 is 0 Å². The van der Waals surface area contributed by atoms with E-state index in [0.717, 1.165) is 0 Å². The highest BCUT2D eigenvalue weighted by molar-refractivity contribution is 7.11. The van der Waals surface area contributed by atoms with E-state index in [9.17, 15) is 4.39 Å². The molecule has 0 aliphatic rings. The van der Waals surface area contributed by atoms with Crippen LogP contribution in [0.15, 0.2) is 24.3 Å². The molecule has 0 saturated heterocycles. The molecule has 2 nitrogen and oxygen atoms in total. The molecule has 0 saturated carbocycles. The summed E-state index contributed by atoms with van der Waals surface area (Å²) >= 11 is 1.71. The normalized spacial score (nSPS) is 10.1. The van der Waals surface area contributed by atoms with Crippen LogP contribution in [0.5, 0.6) is 0 Å². The lowest BCUT2D eigenvalue weighted by Crippen LogP contribution is -2.01. The summed E-state index contributed by atoms with van der Waals surface area (Å²) in [6.07, 6.45) is 0. The van der Waals surface area contributed by atoms with Crippen molar-refractivity contribution in [2.45, 2.75) is 20.4 Å². The van der Waals surface area contributed by atoms with Crippen LogP contribution in [0.1, 0.15) is 20.9 Å². The van der Waals surface area contributed by atoms with Crippen molar-refractivity contribution in [1.29, 1.82) is 5.26 Å². The van der Waals surface area contributed by atoms with Crippen LogP contribution >= 0.6 is 11.3 Å². The van der Waals surface area contributed by atoms with E-state index in [4.69, 9.17) is 5.26 Å². The zero-order valence-electron chi connectivity index (χ0n) is 10.2. The van der Waals surface area contributed by atoms with Crippen molar-refractivity contribution in [3.05, 3.63) is 51.0 Å². The van der Waals surface area contributed by atoms with Gasteiger partial charge in [0, 0.05) is 27.5 Å². The first kappa shape index (κ1) is 12.6. The van der Waals surface area contributed by atoms with Gasteiger partial charge in [-0.25, -0.2) is 4.39 Å². The Morgan fingerprint density at radius 1 is 1.33 bits per heavy atom. The van der Waals surface area contributed by atoms with Crippen LogP contribution in [0.4, 0.5) is 10.1 Å². The molecule has 1 N–H and O–H groups in total. The Balaban J connectivity index is 2.19. The molecule has 0 radical (unpaired) electrons. The van der Waals surface area contributed by atoms with Crippen LogP contribution in [0.25, 0.3) is 0 Å². The number of hydrogen-bond donors (Lipinski definition) is 1. The minimum Gasteiger partial charge on any atom is -0.380 e. The van der Waals surface area contributed by atoms with Crippen LogP contribution in [-0.2, 0) is 6.54 Å². The molecule has 0 aliphatic heterocycles. The highest BCUT2D eigenvalue weighted by Gasteiger charge is 2.07. The number of benzene rings is 1. The van der Waals surface area contributed by atoms with Gasteiger partial charge in [-0.2, -0.15) is 5.26 Å². The van der Waals surface area contributed by atoms with Crippen LogP contribution in [0, 0.1) is 31.0 Å². The summed E-state index contributed by atoms with van der Waals surface area (Å²) in [6.45, 7) is 4.40. The summed E-state index contributed by atoms with van der Waals surface area (Å²) in [5, 5.41) is 12.0. The minimum absolute atomic E-state index is 0.336. The number of halogens is 1. The molecule has 4 heteroatoms. The van der Waals surface area contributed by atoms with Crippen molar-refractivity contribution >= 4 is 17.0 Å². The number of anilines is 1. The van der Waals surface area contributed by atoms with Gasteiger partial charge in [0.2, 0.25) is 0 Å². The number of thiophene rings is 1. The lowest BCUT2D eigenvalue weighted by molar-refractivity contribution is 0.618. The Kier molecular flexibility index (Phi) is 3.63. The van der Waals surface area contributed by atoms with Crippen molar-refractivity contribution in [1.82, 2.24) is 0 Å². The van der Waals surface area contributed by atoms with Crippen molar-refractivity contribution in [2.75, 3.05) is 5.32 Å². The fraction of sp³-hybridized carbons (Fsp3) is 0.214. The van der Waals surface area contributed by atoms with Crippen molar-refractivity contribution < 1.29 is 4.39 Å². The average Bonchev–Trinajstić information content (AvgIpc) is 2.77. The standard InChI is InChI=1S/C14H13FN2S/c1-9-3-4-12(18-9)8-17-14-6-11(7-16)5-13(15)10(14)2/h3-6,17H,8H2,1-2H3. The quantitative estimate of drug-likeness (QED) is 0.905. The molecule has 0 unspecified atom stereocenters. The van der Waals surface area contributed by atoms with E-state index in [1.165, 1.54) is 15.8 Å². The Labute approximate surface area is 110 Å². The molecule has 92 valence electrons. The first-order valence-electron chi connectivity index (χ1n) is 5.59. The van der Waals surface area contributed by atoms with Crippen LogP contribution in [-0.4, -0.2) is 0 Å². The highest BCUT2D eigenvalue weighted by atomic mass is 32.1. The Bertz CT molecular complexity index is 611. The van der Waals surface area contributed by atoms with Crippen LogP contribution in [0.2, 0.25) is 0 Å². The Hall–Kier alpha value is -1.86. The monoisotopic (exact) mass is 260 g/mol. The van der Waals surface area contributed by atoms with Crippen molar-refractivity contribution in [3.8, 4) is 6.07 Å². The van der Waals surface area contributed by atoms with E-state index in [1.807, 2.05) is 12.1 Å². The van der Waals surface area contributed by atoms with Crippen molar-refractivity contribution in [2.24, 2.45) is 0 Å². The van der Waals surface area contributed by atoms with Gasteiger partial charge < -0.3 is 5.32 Å². The van der Waals surface area contributed by atoms with Crippen LogP contribution < -0.4 is 5.32 Å². The SMILES string of the molecule is Cc1ccc(CNc2cc(C#N)cc(F)c2C)s1. The predicted octanol–water partition coefficient (Wildman–Crippen LogP) is 3.99. The van der Waals surface area contributed by atoms with Crippen molar-refractivity contribution in [3.63, 3.8) is 0 Å². The van der Waals surface area contributed by atoms with E-state index in [-0.39, 0.29) is 5.82 Å². The molecule has 0 fully saturated rings.